The van der Waals surface area contributed by atoms with Crippen molar-refractivity contribution in [2.24, 2.45) is 0 Å². The zero-order valence-electron chi connectivity index (χ0n) is 17.5. The Bertz CT molecular complexity index is 965. The zero-order chi connectivity index (χ0) is 21.7. The van der Waals surface area contributed by atoms with Crippen LogP contribution >= 0.6 is 0 Å². The first-order chi connectivity index (χ1) is 14.3. The number of hydrogen-bond donors (Lipinski definition) is 1. The second-order valence-corrected chi connectivity index (χ2v) is 9.40. The second kappa shape index (κ2) is 9.59. The largest absolute Gasteiger partial charge is 0.497 e. The molecule has 8 heteroatoms. The van der Waals surface area contributed by atoms with Gasteiger partial charge in [-0.1, -0.05) is 18.2 Å². The van der Waals surface area contributed by atoms with Gasteiger partial charge in [0.2, 0.25) is 10.0 Å². The molecule has 1 N–H and O–H groups in total. The van der Waals surface area contributed by atoms with Crippen molar-refractivity contribution in [2.45, 2.75) is 37.4 Å². The molecule has 162 valence electrons. The number of benzene rings is 2. The lowest BCUT2D eigenvalue weighted by Crippen LogP contribution is -2.48. The summed E-state index contributed by atoms with van der Waals surface area (Å²) in [4.78, 5) is 12.7. The molecule has 0 aliphatic carbocycles. The number of morpholine rings is 1. The number of hydrogen-bond acceptors (Lipinski definition) is 5. The number of nitrogens with zero attached hydrogens (tertiary/aromatic N) is 1. The van der Waals surface area contributed by atoms with E-state index in [2.05, 4.69) is 5.32 Å². The van der Waals surface area contributed by atoms with Gasteiger partial charge in [-0.05, 0) is 56.2 Å². The fourth-order valence-electron chi connectivity index (χ4n) is 3.49. The number of amides is 1. The van der Waals surface area contributed by atoms with Gasteiger partial charge in [-0.2, -0.15) is 4.31 Å². The molecule has 1 amide bonds. The Labute approximate surface area is 178 Å². The summed E-state index contributed by atoms with van der Waals surface area (Å²) < 4.78 is 38.2. The maximum atomic E-state index is 13.0. The lowest BCUT2D eigenvalue weighted by atomic mass is 10.1. The molecular formula is C22H28N2O5S. The molecule has 0 aromatic heterocycles. The van der Waals surface area contributed by atoms with Crippen molar-refractivity contribution in [2.75, 3.05) is 26.7 Å². The maximum Gasteiger partial charge on any atom is 0.251 e. The standard InChI is InChI=1S/C22H28N2O5S/c1-16-14-24(15-17(2)29-16)30(26,27)21-6-4-5-19(13-21)22(25)23-12-11-18-7-9-20(28-3)10-8-18/h4-10,13,16-17H,11-12,14-15H2,1-3H3,(H,23,25)/t16-,17-/m1/s1. The average Bonchev–Trinajstić information content (AvgIpc) is 2.73. The molecule has 1 aliphatic heterocycles. The summed E-state index contributed by atoms with van der Waals surface area (Å²) in [6.45, 7) is 4.74. The molecular weight excluding hydrogens is 404 g/mol. The molecule has 1 saturated heterocycles. The first-order valence-electron chi connectivity index (χ1n) is 9.96. The van der Waals surface area contributed by atoms with Crippen molar-refractivity contribution in [1.29, 1.82) is 0 Å². The maximum absolute atomic E-state index is 13.0. The third kappa shape index (κ3) is 5.38. The van der Waals surface area contributed by atoms with Gasteiger partial charge in [0.25, 0.3) is 5.91 Å². The van der Waals surface area contributed by atoms with Crippen molar-refractivity contribution in [3.8, 4) is 5.75 Å². The minimum Gasteiger partial charge on any atom is -0.497 e. The van der Waals surface area contributed by atoms with Crippen LogP contribution in [0.15, 0.2) is 53.4 Å². The van der Waals surface area contributed by atoms with E-state index in [1.807, 2.05) is 38.1 Å². The van der Waals surface area contributed by atoms with E-state index in [1.54, 1.807) is 19.2 Å². The number of rotatable bonds is 7. The van der Waals surface area contributed by atoms with Crippen LogP contribution < -0.4 is 10.1 Å². The summed E-state index contributed by atoms with van der Waals surface area (Å²) in [5, 5.41) is 2.85. The molecule has 2 aromatic carbocycles. The van der Waals surface area contributed by atoms with Crippen LogP contribution in [-0.2, 0) is 21.2 Å². The van der Waals surface area contributed by atoms with Crippen LogP contribution in [0.2, 0.25) is 0 Å². The highest BCUT2D eigenvalue weighted by atomic mass is 32.2. The topological polar surface area (TPSA) is 84.9 Å². The summed E-state index contributed by atoms with van der Waals surface area (Å²) in [5.41, 5.74) is 1.39. The molecule has 1 fully saturated rings. The van der Waals surface area contributed by atoms with Crippen molar-refractivity contribution >= 4 is 15.9 Å². The predicted molar refractivity (Wildman–Crippen MR) is 114 cm³/mol. The number of carbonyl (C=O) groups excluding carboxylic acids is 1. The van der Waals surface area contributed by atoms with E-state index in [-0.39, 0.29) is 23.0 Å². The monoisotopic (exact) mass is 432 g/mol. The van der Waals surface area contributed by atoms with Crippen LogP contribution in [0.5, 0.6) is 5.75 Å². The summed E-state index contributed by atoms with van der Waals surface area (Å²) in [6, 6.07) is 13.8. The van der Waals surface area contributed by atoms with Crippen molar-refractivity contribution in [3.05, 3.63) is 59.7 Å². The van der Waals surface area contributed by atoms with Crippen molar-refractivity contribution < 1.29 is 22.7 Å². The van der Waals surface area contributed by atoms with Gasteiger partial charge in [-0.25, -0.2) is 8.42 Å². The minimum absolute atomic E-state index is 0.117. The zero-order valence-corrected chi connectivity index (χ0v) is 18.3. The van der Waals surface area contributed by atoms with Gasteiger partial charge < -0.3 is 14.8 Å². The van der Waals surface area contributed by atoms with E-state index in [9.17, 15) is 13.2 Å². The van der Waals surface area contributed by atoms with E-state index in [0.717, 1.165) is 11.3 Å². The van der Waals surface area contributed by atoms with Crippen LogP contribution in [0.1, 0.15) is 29.8 Å². The van der Waals surface area contributed by atoms with Gasteiger partial charge in [-0.15, -0.1) is 0 Å². The predicted octanol–water partition coefficient (Wildman–Crippen LogP) is 2.47. The Morgan fingerprint density at radius 2 is 1.80 bits per heavy atom. The number of methoxy groups -OCH3 is 1. The Morgan fingerprint density at radius 1 is 1.13 bits per heavy atom. The van der Waals surface area contributed by atoms with Gasteiger partial charge >= 0.3 is 0 Å². The van der Waals surface area contributed by atoms with Gasteiger partial charge in [0.15, 0.2) is 0 Å². The Balaban J connectivity index is 1.64. The van der Waals surface area contributed by atoms with Gasteiger partial charge in [-0.3, -0.25) is 4.79 Å². The lowest BCUT2D eigenvalue weighted by molar-refractivity contribution is -0.0440. The Morgan fingerprint density at radius 3 is 2.43 bits per heavy atom. The first-order valence-corrected chi connectivity index (χ1v) is 11.4. The molecule has 0 unspecified atom stereocenters. The molecule has 2 aromatic rings. The number of sulfonamides is 1. The average molecular weight is 433 g/mol. The molecule has 7 nitrogen and oxygen atoms in total. The smallest absolute Gasteiger partial charge is 0.251 e. The molecule has 1 aliphatic rings. The molecule has 3 rings (SSSR count). The summed E-state index contributed by atoms with van der Waals surface area (Å²) in [5.74, 6) is 0.481. The SMILES string of the molecule is COc1ccc(CCNC(=O)c2cccc(S(=O)(=O)N3C[C@@H](C)O[C@H](C)C3)c2)cc1. The molecule has 0 radical (unpaired) electrons. The van der Waals surface area contributed by atoms with Crippen molar-refractivity contribution in [1.82, 2.24) is 9.62 Å². The van der Waals surface area contributed by atoms with Gasteiger partial charge in [0.05, 0.1) is 24.2 Å². The third-order valence-electron chi connectivity index (χ3n) is 4.98. The van der Waals surface area contributed by atoms with Crippen LogP contribution in [0, 0.1) is 0 Å². The fraction of sp³-hybridized carbons (Fsp3) is 0.409. The molecule has 0 bridgehead atoms. The molecule has 0 spiro atoms. The fourth-order valence-corrected chi connectivity index (χ4v) is 5.13. The summed E-state index contributed by atoms with van der Waals surface area (Å²) in [6.07, 6.45) is 0.318. The molecule has 30 heavy (non-hydrogen) atoms. The second-order valence-electron chi connectivity index (χ2n) is 7.46. The van der Waals surface area contributed by atoms with E-state index in [0.29, 0.717) is 31.6 Å². The highest BCUT2D eigenvalue weighted by Crippen LogP contribution is 2.22. The van der Waals surface area contributed by atoms with Crippen LogP contribution in [0.4, 0.5) is 0 Å². The third-order valence-corrected chi connectivity index (χ3v) is 6.81. The van der Waals surface area contributed by atoms with E-state index >= 15 is 0 Å². The normalized spacial score (nSPS) is 20.0. The quantitative estimate of drug-likeness (QED) is 0.727. The Kier molecular flexibility index (Phi) is 7.12. The van der Waals surface area contributed by atoms with E-state index in [1.165, 1.54) is 16.4 Å². The molecule has 2 atom stereocenters. The van der Waals surface area contributed by atoms with Crippen LogP contribution in [-0.4, -0.2) is 57.6 Å². The first kappa shape index (κ1) is 22.3. The minimum atomic E-state index is -3.69. The Hall–Kier alpha value is -2.42. The molecule has 1 heterocycles. The van der Waals surface area contributed by atoms with Crippen LogP contribution in [0.25, 0.3) is 0 Å². The van der Waals surface area contributed by atoms with Gasteiger partial charge in [0, 0.05) is 25.2 Å². The number of ether oxygens (including phenoxy) is 2. The van der Waals surface area contributed by atoms with Crippen LogP contribution in [0.3, 0.4) is 0 Å². The summed E-state index contributed by atoms with van der Waals surface area (Å²) in [7, 11) is -2.08. The van der Waals surface area contributed by atoms with Gasteiger partial charge in [0.1, 0.15) is 5.75 Å². The highest BCUT2D eigenvalue weighted by molar-refractivity contribution is 7.89. The highest BCUT2D eigenvalue weighted by Gasteiger charge is 2.32. The summed E-state index contributed by atoms with van der Waals surface area (Å²) >= 11 is 0. The van der Waals surface area contributed by atoms with Crippen molar-refractivity contribution in [3.63, 3.8) is 0 Å². The van der Waals surface area contributed by atoms with E-state index < -0.39 is 10.0 Å². The lowest BCUT2D eigenvalue weighted by Gasteiger charge is -2.34. The molecule has 0 saturated carbocycles. The number of nitrogens with one attached hydrogen (secondary N) is 1. The van der Waals surface area contributed by atoms with E-state index in [4.69, 9.17) is 9.47 Å². The number of carbonyl (C=O) groups is 1.